The van der Waals surface area contributed by atoms with Crippen LogP contribution in [-0.4, -0.2) is 55.6 Å². The largest absolute Gasteiger partial charge is 0.497 e. The minimum atomic E-state index is -0.00800. The van der Waals surface area contributed by atoms with Crippen molar-refractivity contribution in [2.24, 2.45) is 23.7 Å². The van der Waals surface area contributed by atoms with Gasteiger partial charge in [0.1, 0.15) is 46.0 Å². The third-order valence-electron chi connectivity index (χ3n) is 13.3. The molecule has 4 aliphatic carbocycles. The summed E-state index contributed by atoms with van der Waals surface area (Å²) in [6, 6.07) is 20.1. The van der Waals surface area contributed by atoms with Gasteiger partial charge in [0.2, 0.25) is 0 Å². The van der Waals surface area contributed by atoms with Crippen LogP contribution in [0.3, 0.4) is 0 Å². The molecule has 4 aromatic carbocycles. The number of aryl methyl sites for hydroxylation is 1. The summed E-state index contributed by atoms with van der Waals surface area (Å²) in [5.41, 5.74) is 9.10. The topological polar surface area (TPSA) is 81.7 Å². The summed E-state index contributed by atoms with van der Waals surface area (Å²) in [5.74, 6) is 7.74. The van der Waals surface area contributed by atoms with E-state index in [0.717, 1.165) is 83.5 Å². The van der Waals surface area contributed by atoms with Crippen molar-refractivity contribution in [3.8, 4) is 40.2 Å². The number of ether oxygens (including phenoxy) is 7. The number of fused-ring (bicyclic) bond motifs is 2. The van der Waals surface area contributed by atoms with E-state index in [1.165, 1.54) is 47.1 Å². The Hall–Kier alpha value is -4.85. The molecule has 1 spiro atoms. The van der Waals surface area contributed by atoms with Crippen LogP contribution < -0.4 is 33.2 Å². The van der Waals surface area contributed by atoms with Gasteiger partial charge in [-0.05, 0) is 147 Å². The van der Waals surface area contributed by atoms with Gasteiger partial charge in [0.05, 0.1) is 49.8 Å². The predicted molar refractivity (Wildman–Crippen MR) is 219 cm³/mol. The van der Waals surface area contributed by atoms with Crippen LogP contribution in [0.4, 0.5) is 0 Å². The van der Waals surface area contributed by atoms with Crippen molar-refractivity contribution in [3.63, 3.8) is 0 Å². The number of hydrogen-bond acceptors (Lipinski definition) is 8. The molecule has 0 saturated heterocycles. The average molecular weight is 763 g/mol. The van der Waals surface area contributed by atoms with Gasteiger partial charge in [0.25, 0.3) is 0 Å². The Morgan fingerprint density at radius 3 is 1.45 bits per heavy atom. The summed E-state index contributed by atoms with van der Waals surface area (Å²) in [7, 11) is 12.0. The Balaban J connectivity index is 0.000000172. The zero-order valence-corrected chi connectivity index (χ0v) is 34.4. The van der Waals surface area contributed by atoms with Crippen LogP contribution >= 0.6 is 0 Å². The second kappa shape index (κ2) is 16.7. The molecule has 0 radical (unpaired) electrons. The number of carbonyl (C=O) groups excluding carboxylic acids is 1. The molecule has 0 bridgehead atoms. The quantitative estimate of drug-likeness (QED) is 0.150. The van der Waals surface area contributed by atoms with E-state index >= 15 is 0 Å². The van der Waals surface area contributed by atoms with Crippen LogP contribution in [0.15, 0.2) is 60.7 Å². The first-order chi connectivity index (χ1) is 27.2. The highest BCUT2D eigenvalue weighted by atomic mass is 16.5. The maximum atomic E-state index is 13.3. The molecule has 0 aliphatic heterocycles. The predicted octanol–water partition coefficient (Wildman–Crippen LogP) is 9.33. The summed E-state index contributed by atoms with van der Waals surface area (Å²) in [6.07, 6.45) is 10.3. The molecule has 0 amide bonds. The highest BCUT2D eigenvalue weighted by molar-refractivity contribution is 5.85. The molecule has 4 aromatic rings. The molecule has 0 N–H and O–H groups in total. The lowest BCUT2D eigenvalue weighted by molar-refractivity contribution is -0.129. The fourth-order valence-electron chi connectivity index (χ4n) is 10.8. The number of benzene rings is 4. The lowest BCUT2D eigenvalue weighted by Crippen LogP contribution is -2.41. The third-order valence-corrected chi connectivity index (χ3v) is 13.3. The summed E-state index contributed by atoms with van der Waals surface area (Å²) < 4.78 is 39.4. The van der Waals surface area contributed by atoms with Crippen LogP contribution in [0.2, 0.25) is 0 Å². The standard InChI is InChI=1S/C24H30O5.C24H28O3/c1-26-20-8-10-22(28-3)18(14-20)12-16-6-5-7-17(24(16)25)13-19-15-21(27-2)9-11-23(19)29-4;1-14-8-9-20(26-3)22-17(14)12-15-6-5-7-16-13-18-19(25-2)10-11-21(27-4)23(18)24(15,16)22/h8-11,14-17H,5-7,12-13H2,1-4H3;8-11,15-16H,5-7,12-13H2,1-4H3/t16-,17-;15-,16-,24-/m00/s1. The van der Waals surface area contributed by atoms with Crippen molar-refractivity contribution in [1.29, 1.82) is 0 Å². The first-order valence-electron chi connectivity index (χ1n) is 20.1. The van der Waals surface area contributed by atoms with Crippen LogP contribution in [-0.2, 0) is 35.9 Å². The number of hydrogen-bond donors (Lipinski definition) is 0. The van der Waals surface area contributed by atoms with Gasteiger partial charge >= 0.3 is 0 Å². The first kappa shape index (κ1) is 39.4. The molecule has 2 fully saturated rings. The van der Waals surface area contributed by atoms with Gasteiger partial charge in [0.15, 0.2) is 0 Å². The van der Waals surface area contributed by atoms with Crippen molar-refractivity contribution in [2.45, 2.75) is 76.5 Å². The van der Waals surface area contributed by atoms with E-state index in [-0.39, 0.29) is 17.3 Å². The molecule has 0 unspecified atom stereocenters. The molecular weight excluding hydrogens is 705 g/mol. The maximum absolute atomic E-state index is 13.3. The summed E-state index contributed by atoms with van der Waals surface area (Å²) >= 11 is 0. The second-order valence-electron chi connectivity index (χ2n) is 15.9. The van der Waals surface area contributed by atoms with Crippen LogP contribution in [0.5, 0.6) is 40.2 Å². The number of ketones is 1. The Bertz CT molecular complexity index is 1990. The molecule has 298 valence electrons. The Labute approximate surface area is 332 Å². The SMILES string of the molecule is COc1ccc(OC)c(C[C@@H]2CCC[C@@H](Cc3cc(OC)ccc3OC)C2=O)c1.COc1ccc(OC)c2c1C[C@@H]1CCC[C@H]3Cc4c(C)ccc(OC)c4[C@]231. The number of Topliss-reactive ketones (excluding diaryl/α,β-unsaturated/α-hetero) is 1. The first-order valence-corrected chi connectivity index (χ1v) is 20.1. The molecule has 8 heteroatoms. The fraction of sp³-hybridized carbons (Fsp3) is 0.479. The van der Waals surface area contributed by atoms with Crippen LogP contribution in [0.25, 0.3) is 0 Å². The van der Waals surface area contributed by atoms with E-state index in [9.17, 15) is 4.79 Å². The van der Waals surface area contributed by atoms with E-state index in [4.69, 9.17) is 33.2 Å². The fourth-order valence-corrected chi connectivity index (χ4v) is 10.8. The Morgan fingerprint density at radius 2 is 0.946 bits per heavy atom. The van der Waals surface area contributed by atoms with Gasteiger partial charge < -0.3 is 33.2 Å². The normalized spacial score (nSPS) is 23.0. The van der Waals surface area contributed by atoms with Crippen molar-refractivity contribution in [3.05, 3.63) is 99.6 Å². The monoisotopic (exact) mass is 762 g/mol. The zero-order valence-electron chi connectivity index (χ0n) is 34.4. The molecule has 5 atom stereocenters. The molecule has 2 saturated carbocycles. The smallest absolute Gasteiger partial charge is 0.139 e. The number of methoxy groups -OCH3 is 7. The summed E-state index contributed by atoms with van der Waals surface area (Å²) in [4.78, 5) is 13.3. The van der Waals surface area contributed by atoms with E-state index in [0.29, 0.717) is 30.5 Å². The number of carbonyl (C=O) groups is 1. The summed E-state index contributed by atoms with van der Waals surface area (Å²) in [5, 5.41) is 0. The second-order valence-corrected chi connectivity index (χ2v) is 15.9. The van der Waals surface area contributed by atoms with Crippen LogP contribution in [0.1, 0.15) is 77.5 Å². The van der Waals surface area contributed by atoms with E-state index in [1.807, 2.05) is 43.5 Å². The molecule has 8 rings (SSSR count). The van der Waals surface area contributed by atoms with Gasteiger partial charge in [-0.1, -0.05) is 18.9 Å². The van der Waals surface area contributed by atoms with Gasteiger partial charge in [0, 0.05) is 33.9 Å². The minimum Gasteiger partial charge on any atom is -0.497 e. The highest BCUT2D eigenvalue weighted by Crippen LogP contribution is 2.67. The van der Waals surface area contributed by atoms with E-state index in [2.05, 4.69) is 31.2 Å². The molecule has 56 heavy (non-hydrogen) atoms. The molecule has 4 aliphatic rings. The lowest BCUT2D eigenvalue weighted by Gasteiger charge is -2.44. The number of rotatable bonds is 11. The van der Waals surface area contributed by atoms with E-state index in [1.54, 1.807) is 42.7 Å². The van der Waals surface area contributed by atoms with Crippen molar-refractivity contribution in [2.75, 3.05) is 49.8 Å². The van der Waals surface area contributed by atoms with Crippen LogP contribution in [0, 0.1) is 30.6 Å². The molecule has 8 nitrogen and oxygen atoms in total. The van der Waals surface area contributed by atoms with Crippen molar-refractivity contribution < 1.29 is 38.0 Å². The van der Waals surface area contributed by atoms with Gasteiger partial charge in [-0.2, -0.15) is 0 Å². The minimum absolute atomic E-state index is 0.000162. The zero-order chi connectivity index (χ0) is 39.6. The van der Waals surface area contributed by atoms with Gasteiger partial charge in [-0.25, -0.2) is 0 Å². The third kappa shape index (κ3) is 6.83. The molecular formula is C48H58O8. The Morgan fingerprint density at radius 1 is 0.518 bits per heavy atom. The highest BCUT2D eigenvalue weighted by Gasteiger charge is 2.61. The average Bonchev–Trinajstić information content (AvgIpc) is 3.78. The van der Waals surface area contributed by atoms with Gasteiger partial charge in [-0.15, -0.1) is 0 Å². The summed E-state index contributed by atoms with van der Waals surface area (Å²) in [6.45, 7) is 2.25. The molecule has 0 heterocycles. The Kier molecular flexibility index (Phi) is 11.8. The van der Waals surface area contributed by atoms with Gasteiger partial charge in [-0.3, -0.25) is 4.79 Å². The van der Waals surface area contributed by atoms with E-state index < -0.39 is 0 Å². The molecule has 0 aromatic heterocycles. The van der Waals surface area contributed by atoms with Crippen molar-refractivity contribution in [1.82, 2.24) is 0 Å². The maximum Gasteiger partial charge on any atom is 0.139 e. The lowest BCUT2D eigenvalue weighted by atomic mass is 9.59. The van der Waals surface area contributed by atoms with Crippen molar-refractivity contribution >= 4 is 5.78 Å².